The molecule has 0 saturated heterocycles. The molecule has 2 aliphatic carbocycles. The van der Waals surface area contributed by atoms with E-state index in [2.05, 4.69) is 55.3 Å². The van der Waals surface area contributed by atoms with Crippen LogP contribution in [0, 0.1) is 11.8 Å². The largest absolute Gasteiger partial charge is 0.493 e. The van der Waals surface area contributed by atoms with E-state index in [-0.39, 0.29) is 5.41 Å². The summed E-state index contributed by atoms with van der Waals surface area (Å²) in [6, 6.07) is 18.1. The zero-order chi connectivity index (χ0) is 27.6. The fraction of sp³-hybridized carbons (Fsp3) is 0.455. The number of nitrogens with one attached hydrogen (secondary N) is 1. The number of ether oxygens (including phenoxy) is 1. The van der Waals surface area contributed by atoms with Crippen molar-refractivity contribution in [1.29, 1.82) is 0 Å². The first kappa shape index (κ1) is 27.5. The quantitative estimate of drug-likeness (QED) is 0.285. The molecule has 1 heterocycles. The first-order valence-electron chi connectivity index (χ1n) is 14.1. The van der Waals surface area contributed by atoms with Gasteiger partial charge >= 0.3 is 5.97 Å². The number of benzene rings is 2. The van der Waals surface area contributed by atoms with E-state index in [1.165, 1.54) is 11.1 Å². The number of hydrogen-bond donors (Lipinski definition) is 2. The van der Waals surface area contributed by atoms with Crippen molar-refractivity contribution in [3.63, 3.8) is 0 Å². The zero-order valence-electron chi connectivity index (χ0n) is 23.1. The average molecular weight is 547 g/mol. The second-order valence-electron chi connectivity index (χ2n) is 12.0. The van der Waals surface area contributed by atoms with Crippen LogP contribution in [-0.4, -0.2) is 28.2 Å². The Hall–Kier alpha value is -3.05. The van der Waals surface area contributed by atoms with E-state index in [0.29, 0.717) is 42.2 Å². The summed E-state index contributed by atoms with van der Waals surface area (Å²) >= 11 is 6.20. The lowest BCUT2D eigenvalue weighted by molar-refractivity contribution is -0.144. The molecule has 0 aliphatic heterocycles. The van der Waals surface area contributed by atoms with Gasteiger partial charge in [0, 0.05) is 28.7 Å². The first-order valence-corrected chi connectivity index (χ1v) is 14.5. The summed E-state index contributed by atoms with van der Waals surface area (Å²) in [5.41, 5.74) is 3.71. The molecule has 2 aromatic carbocycles. The van der Waals surface area contributed by atoms with Gasteiger partial charge < -0.3 is 15.2 Å². The predicted octanol–water partition coefficient (Wildman–Crippen LogP) is 7.88. The fourth-order valence-electron chi connectivity index (χ4n) is 6.95. The van der Waals surface area contributed by atoms with Crippen LogP contribution in [0.25, 0.3) is 0 Å². The highest BCUT2D eigenvalue weighted by Crippen LogP contribution is 2.56. The van der Waals surface area contributed by atoms with Gasteiger partial charge in [0.05, 0.1) is 6.61 Å². The standard InChI is InChI=1S/C33H39ClN2O3/c1-22(2)28-20-35-16-11-30(28)39-21-23(3)17-25-18-24-7-4-5-10-29(24)32(25)12-14-33(15-13-32,31(37)38)36-27-9-6-8-26(34)19-27/h4-11,16,19-20,22-23,25,36H,12-15,17-18,21H2,1-3H3,(H,37,38)/t23-,25+,32?,33?/m1/s1. The second-order valence-corrected chi connectivity index (χ2v) is 12.4. The van der Waals surface area contributed by atoms with Crippen LogP contribution in [0.15, 0.2) is 67.0 Å². The molecule has 1 aromatic heterocycles. The third-order valence-electron chi connectivity index (χ3n) is 9.06. The van der Waals surface area contributed by atoms with E-state index >= 15 is 0 Å². The van der Waals surface area contributed by atoms with Crippen molar-refractivity contribution in [2.24, 2.45) is 11.8 Å². The van der Waals surface area contributed by atoms with Crippen LogP contribution in [0.1, 0.15) is 75.5 Å². The maximum Gasteiger partial charge on any atom is 0.329 e. The average Bonchev–Trinajstić information content (AvgIpc) is 3.21. The Bertz CT molecular complexity index is 1320. The molecule has 2 aliphatic rings. The Morgan fingerprint density at radius 1 is 1.10 bits per heavy atom. The summed E-state index contributed by atoms with van der Waals surface area (Å²) in [6.45, 7) is 7.25. The molecule has 5 rings (SSSR count). The van der Waals surface area contributed by atoms with E-state index in [4.69, 9.17) is 16.3 Å². The molecule has 39 heavy (non-hydrogen) atoms. The fourth-order valence-corrected chi connectivity index (χ4v) is 7.14. The molecular formula is C33H39ClN2O3. The number of anilines is 1. The SMILES string of the molecule is CC(C)c1cnccc1OC[C@H](C)C[C@H]1Cc2ccccc2C12CCC(Nc1cccc(Cl)c1)(C(=O)O)CC2. The normalized spacial score (nSPS) is 24.9. The third-order valence-corrected chi connectivity index (χ3v) is 9.29. The number of nitrogens with zero attached hydrogens (tertiary/aromatic N) is 1. The van der Waals surface area contributed by atoms with Gasteiger partial charge in [0.2, 0.25) is 0 Å². The molecule has 1 spiro atoms. The molecule has 0 amide bonds. The molecule has 2 atom stereocenters. The molecule has 0 bridgehead atoms. The minimum absolute atomic E-state index is 0.0143. The number of aromatic nitrogens is 1. The number of fused-ring (bicyclic) bond motifs is 2. The number of carboxylic acid groups (broad SMARTS) is 1. The number of aliphatic carboxylic acids is 1. The lowest BCUT2D eigenvalue weighted by Gasteiger charge is -2.47. The maximum atomic E-state index is 12.7. The summed E-state index contributed by atoms with van der Waals surface area (Å²) in [4.78, 5) is 16.9. The lowest BCUT2D eigenvalue weighted by atomic mass is 9.59. The van der Waals surface area contributed by atoms with Crippen LogP contribution in [0.2, 0.25) is 5.02 Å². The third kappa shape index (κ3) is 5.51. The van der Waals surface area contributed by atoms with E-state index < -0.39 is 11.5 Å². The minimum Gasteiger partial charge on any atom is -0.493 e. The van der Waals surface area contributed by atoms with Crippen molar-refractivity contribution >= 4 is 23.3 Å². The Kier molecular flexibility index (Phi) is 7.91. The van der Waals surface area contributed by atoms with Crippen molar-refractivity contribution in [1.82, 2.24) is 4.98 Å². The molecule has 1 saturated carbocycles. The smallest absolute Gasteiger partial charge is 0.329 e. The Labute approximate surface area is 237 Å². The van der Waals surface area contributed by atoms with Gasteiger partial charge in [-0.05, 0) is 97.1 Å². The molecule has 5 nitrogen and oxygen atoms in total. The summed E-state index contributed by atoms with van der Waals surface area (Å²) in [5, 5.41) is 14.3. The Balaban J connectivity index is 1.33. The maximum absolute atomic E-state index is 12.7. The predicted molar refractivity (Wildman–Crippen MR) is 157 cm³/mol. The van der Waals surface area contributed by atoms with Crippen LogP contribution in [0.5, 0.6) is 5.75 Å². The summed E-state index contributed by atoms with van der Waals surface area (Å²) in [6.07, 6.45) is 8.59. The van der Waals surface area contributed by atoms with Gasteiger partial charge in [-0.2, -0.15) is 0 Å². The minimum atomic E-state index is -0.999. The van der Waals surface area contributed by atoms with Crippen molar-refractivity contribution < 1.29 is 14.6 Å². The van der Waals surface area contributed by atoms with Crippen LogP contribution < -0.4 is 10.1 Å². The van der Waals surface area contributed by atoms with Crippen molar-refractivity contribution in [3.8, 4) is 5.75 Å². The number of halogens is 1. The second kappa shape index (κ2) is 11.2. The molecule has 0 unspecified atom stereocenters. The topological polar surface area (TPSA) is 71.5 Å². The highest BCUT2D eigenvalue weighted by Gasteiger charge is 2.54. The number of carboxylic acids is 1. The summed E-state index contributed by atoms with van der Waals surface area (Å²) in [5.74, 6) is 1.31. The van der Waals surface area contributed by atoms with Crippen molar-refractivity contribution in [3.05, 3.63) is 88.7 Å². The van der Waals surface area contributed by atoms with Gasteiger partial charge in [-0.15, -0.1) is 0 Å². The van der Waals surface area contributed by atoms with Gasteiger partial charge in [0.1, 0.15) is 11.3 Å². The molecule has 2 N–H and O–H groups in total. The van der Waals surface area contributed by atoms with Crippen LogP contribution in [-0.2, 0) is 16.6 Å². The van der Waals surface area contributed by atoms with Gasteiger partial charge in [-0.3, -0.25) is 4.98 Å². The molecule has 0 radical (unpaired) electrons. The highest BCUT2D eigenvalue weighted by molar-refractivity contribution is 6.30. The van der Waals surface area contributed by atoms with E-state index in [1.807, 2.05) is 24.4 Å². The van der Waals surface area contributed by atoms with Gasteiger partial charge in [-0.25, -0.2) is 4.79 Å². The highest BCUT2D eigenvalue weighted by atomic mass is 35.5. The number of pyridine rings is 1. The zero-order valence-corrected chi connectivity index (χ0v) is 23.9. The number of rotatable bonds is 9. The van der Waals surface area contributed by atoms with E-state index in [1.54, 1.807) is 18.3 Å². The van der Waals surface area contributed by atoms with Gasteiger partial charge in [0.25, 0.3) is 0 Å². The van der Waals surface area contributed by atoms with Crippen LogP contribution >= 0.6 is 11.6 Å². The van der Waals surface area contributed by atoms with E-state index in [9.17, 15) is 9.90 Å². The van der Waals surface area contributed by atoms with E-state index in [0.717, 1.165) is 42.7 Å². The summed E-state index contributed by atoms with van der Waals surface area (Å²) in [7, 11) is 0. The van der Waals surface area contributed by atoms with Crippen LogP contribution in [0.4, 0.5) is 5.69 Å². The van der Waals surface area contributed by atoms with Gasteiger partial charge in [-0.1, -0.05) is 62.7 Å². The lowest BCUT2D eigenvalue weighted by Crippen LogP contribution is -2.53. The monoisotopic (exact) mass is 546 g/mol. The Morgan fingerprint density at radius 2 is 1.87 bits per heavy atom. The molecule has 6 heteroatoms. The first-order chi connectivity index (χ1) is 18.7. The number of hydrogen-bond acceptors (Lipinski definition) is 4. The molecular weight excluding hydrogens is 508 g/mol. The molecule has 206 valence electrons. The summed E-state index contributed by atoms with van der Waals surface area (Å²) < 4.78 is 6.33. The number of carbonyl (C=O) groups is 1. The molecule has 1 fully saturated rings. The van der Waals surface area contributed by atoms with Crippen LogP contribution in [0.3, 0.4) is 0 Å². The Morgan fingerprint density at radius 3 is 2.59 bits per heavy atom. The van der Waals surface area contributed by atoms with Crippen molar-refractivity contribution in [2.75, 3.05) is 11.9 Å². The van der Waals surface area contributed by atoms with Crippen molar-refractivity contribution in [2.45, 2.75) is 76.2 Å². The van der Waals surface area contributed by atoms with Gasteiger partial charge in [0.15, 0.2) is 0 Å². The molecule has 3 aromatic rings.